The van der Waals surface area contributed by atoms with Crippen molar-refractivity contribution in [3.63, 3.8) is 0 Å². The van der Waals surface area contributed by atoms with E-state index in [2.05, 4.69) is 19.2 Å². The minimum Gasteiger partial charge on any atom is -0.490 e. The molecule has 0 heterocycles. The fourth-order valence-corrected chi connectivity index (χ4v) is 1.99. The van der Waals surface area contributed by atoms with Gasteiger partial charge in [-0.2, -0.15) is 0 Å². The second-order valence-electron chi connectivity index (χ2n) is 4.64. The van der Waals surface area contributed by atoms with Gasteiger partial charge >= 0.3 is 6.03 Å². The average Bonchev–Trinajstić information content (AvgIpc) is 2.49. The zero-order chi connectivity index (χ0) is 15.5. The Kier molecular flexibility index (Phi) is 8.09. The number of carbonyl (C=O) groups is 1. The van der Waals surface area contributed by atoms with Crippen molar-refractivity contribution in [2.24, 2.45) is 0 Å². The molecule has 5 nitrogen and oxygen atoms in total. The van der Waals surface area contributed by atoms with Crippen LogP contribution < -0.4 is 14.8 Å². The second-order valence-corrected chi connectivity index (χ2v) is 4.64. The number of amides is 2. The summed E-state index contributed by atoms with van der Waals surface area (Å²) in [7, 11) is 0. The number of benzene rings is 1. The molecular formula is C16H26N2O3. The average molecular weight is 294 g/mol. The number of hydrogen-bond acceptors (Lipinski definition) is 3. The van der Waals surface area contributed by atoms with Crippen molar-refractivity contribution in [1.82, 2.24) is 10.2 Å². The van der Waals surface area contributed by atoms with E-state index in [0.717, 1.165) is 25.9 Å². The zero-order valence-corrected chi connectivity index (χ0v) is 13.2. The maximum absolute atomic E-state index is 12.0. The standard InChI is InChI=1S/C16H26N2O3/c1-4-11-18(12-5-2)16(19)17-13-21-15-10-8-7-9-14(15)20-6-3/h7-10H,4-6,11-13H2,1-3H3,(H,17,19). The monoisotopic (exact) mass is 294 g/mol. The summed E-state index contributed by atoms with van der Waals surface area (Å²) in [5.74, 6) is 1.32. The van der Waals surface area contributed by atoms with Crippen LogP contribution in [0.5, 0.6) is 11.5 Å². The van der Waals surface area contributed by atoms with Gasteiger partial charge in [-0.15, -0.1) is 0 Å². The molecular weight excluding hydrogens is 268 g/mol. The first-order chi connectivity index (χ1) is 10.2. The van der Waals surface area contributed by atoms with Crippen LogP contribution in [0.4, 0.5) is 4.79 Å². The molecule has 1 aromatic carbocycles. The number of para-hydroxylation sites is 2. The molecule has 1 aromatic rings. The van der Waals surface area contributed by atoms with E-state index in [9.17, 15) is 4.79 Å². The molecule has 0 aliphatic heterocycles. The number of nitrogens with one attached hydrogen (secondary N) is 1. The van der Waals surface area contributed by atoms with Crippen LogP contribution in [0.2, 0.25) is 0 Å². The van der Waals surface area contributed by atoms with Crippen molar-refractivity contribution in [2.45, 2.75) is 33.6 Å². The molecule has 1 rings (SSSR count). The van der Waals surface area contributed by atoms with Crippen LogP contribution in [0.25, 0.3) is 0 Å². The smallest absolute Gasteiger partial charge is 0.320 e. The van der Waals surface area contributed by atoms with E-state index in [1.54, 1.807) is 4.90 Å². The molecule has 0 unspecified atom stereocenters. The van der Waals surface area contributed by atoms with Gasteiger partial charge in [0.2, 0.25) is 0 Å². The Hall–Kier alpha value is -1.91. The highest BCUT2D eigenvalue weighted by atomic mass is 16.5. The summed E-state index contributed by atoms with van der Waals surface area (Å²) in [6.07, 6.45) is 1.89. The summed E-state index contributed by atoms with van der Waals surface area (Å²) in [6.45, 7) is 8.27. The maximum Gasteiger partial charge on any atom is 0.320 e. The topological polar surface area (TPSA) is 50.8 Å². The quantitative estimate of drug-likeness (QED) is 0.711. The van der Waals surface area contributed by atoms with Crippen LogP contribution in [0.1, 0.15) is 33.6 Å². The van der Waals surface area contributed by atoms with Crippen molar-refractivity contribution >= 4 is 6.03 Å². The van der Waals surface area contributed by atoms with Gasteiger partial charge in [0.1, 0.15) is 0 Å². The maximum atomic E-state index is 12.0. The van der Waals surface area contributed by atoms with Crippen molar-refractivity contribution in [2.75, 3.05) is 26.4 Å². The van der Waals surface area contributed by atoms with Crippen molar-refractivity contribution in [3.8, 4) is 11.5 Å². The van der Waals surface area contributed by atoms with Crippen LogP contribution in [0.15, 0.2) is 24.3 Å². The van der Waals surface area contributed by atoms with E-state index in [-0.39, 0.29) is 12.8 Å². The molecule has 0 saturated carbocycles. The van der Waals surface area contributed by atoms with E-state index in [1.165, 1.54) is 0 Å². The van der Waals surface area contributed by atoms with E-state index < -0.39 is 0 Å². The zero-order valence-electron chi connectivity index (χ0n) is 13.2. The molecule has 0 radical (unpaired) electrons. The van der Waals surface area contributed by atoms with E-state index in [4.69, 9.17) is 9.47 Å². The first-order valence-corrected chi connectivity index (χ1v) is 7.60. The first-order valence-electron chi connectivity index (χ1n) is 7.60. The Morgan fingerprint density at radius 2 is 1.62 bits per heavy atom. The molecule has 0 aliphatic carbocycles. The normalized spacial score (nSPS) is 10.0. The Balaban J connectivity index is 2.46. The number of urea groups is 1. The molecule has 0 spiro atoms. The lowest BCUT2D eigenvalue weighted by molar-refractivity contribution is 0.182. The van der Waals surface area contributed by atoms with Crippen molar-refractivity contribution in [1.29, 1.82) is 0 Å². The molecule has 0 aliphatic rings. The third-order valence-electron chi connectivity index (χ3n) is 2.87. The molecule has 21 heavy (non-hydrogen) atoms. The van der Waals surface area contributed by atoms with Crippen molar-refractivity contribution in [3.05, 3.63) is 24.3 Å². The minimum atomic E-state index is -0.0902. The second kappa shape index (κ2) is 9.91. The van der Waals surface area contributed by atoms with E-state index in [0.29, 0.717) is 18.1 Å². The Bertz CT molecular complexity index is 418. The highest BCUT2D eigenvalue weighted by Gasteiger charge is 2.11. The van der Waals surface area contributed by atoms with E-state index >= 15 is 0 Å². The first kappa shape index (κ1) is 17.1. The lowest BCUT2D eigenvalue weighted by Crippen LogP contribution is -2.42. The summed E-state index contributed by atoms with van der Waals surface area (Å²) >= 11 is 0. The van der Waals surface area contributed by atoms with Crippen LogP contribution in [-0.2, 0) is 0 Å². The Morgan fingerprint density at radius 3 is 2.14 bits per heavy atom. The number of nitrogens with zero attached hydrogens (tertiary/aromatic N) is 1. The highest BCUT2D eigenvalue weighted by Crippen LogP contribution is 2.25. The summed E-state index contributed by atoms with van der Waals surface area (Å²) in [4.78, 5) is 13.8. The van der Waals surface area contributed by atoms with Crippen LogP contribution in [0.3, 0.4) is 0 Å². The molecule has 0 atom stereocenters. The summed E-state index contributed by atoms with van der Waals surface area (Å²) in [6, 6.07) is 7.35. The molecule has 0 aromatic heterocycles. The molecule has 1 N–H and O–H groups in total. The number of rotatable bonds is 9. The molecule has 2 amide bonds. The molecule has 0 bridgehead atoms. The SMILES string of the molecule is CCCN(CCC)C(=O)NCOc1ccccc1OCC. The summed E-state index contributed by atoms with van der Waals surface area (Å²) < 4.78 is 11.1. The van der Waals surface area contributed by atoms with Gasteiger partial charge in [0, 0.05) is 13.1 Å². The van der Waals surface area contributed by atoms with Gasteiger partial charge in [-0.25, -0.2) is 4.79 Å². The van der Waals surface area contributed by atoms with Gasteiger partial charge in [-0.1, -0.05) is 26.0 Å². The van der Waals surface area contributed by atoms with Gasteiger partial charge in [0.05, 0.1) is 6.61 Å². The molecule has 118 valence electrons. The largest absolute Gasteiger partial charge is 0.490 e. The predicted molar refractivity (Wildman–Crippen MR) is 83.8 cm³/mol. The van der Waals surface area contributed by atoms with Gasteiger partial charge in [-0.3, -0.25) is 0 Å². The Labute approximate surface area is 127 Å². The van der Waals surface area contributed by atoms with Gasteiger partial charge in [-0.05, 0) is 31.9 Å². The highest BCUT2D eigenvalue weighted by molar-refractivity contribution is 5.74. The third-order valence-corrected chi connectivity index (χ3v) is 2.87. The number of carbonyl (C=O) groups excluding carboxylic acids is 1. The number of hydrogen-bond donors (Lipinski definition) is 1. The van der Waals surface area contributed by atoms with Crippen LogP contribution in [-0.4, -0.2) is 37.4 Å². The fourth-order valence-electron chi connectivity index (χ4n) is 1.99. The van der Waals surface area contributed by atoms with Gasteiger partial charge in [0.15, 0.2) is 18.2 Å². The van der Waals surface area contributed by atoms with Gasteiger partial charge in [0.25, 0.3) is 0 Å². The minimum absolute atomic E-state index is 0.0902. The van der Waals surface area contributed by atoms with Crippen molar-refractivity contribution < 1.29 is 14.3 Å². The fraction of sp³-hybridized carbons (Fsp3) is 0.562. The summed E-state index contributed by atoms with van der Waals surface area (Å²) in [5.41, 5.74) is 0. The van der Waals surface area contributed by atoms with Crippen LogP contribution in [0, 0.1) is 0 Å². The van der Waals surface area contributed by atoms with E-state index in [1.807, 2.05) is 31.2 Å². The Morgan fingerprint density at radius 1 is 1.05 bits per heavy atom. The summed E-state index contributed by atoms with van der Waals surface area (Å²) in [5, 5.41) is 2.78. The predicted octanol–water partition coefficient (Wildman–Crippen LogP) is 3.25. The van der Waals surface area contributed by atoms with Crippen LogP contribution >= 0.6 is 0 Å². The number of ether oxygens (including phenoxy) is 2. The molecule has 5 heteroatoms. The lowest BCUT2D eigenvalue weighted by atomic mass is 10.3. The van der Waals surface area contributed by atoms with Gasteiger partial charge < -0.3 is 19.7 Å². The lowest BCUT2D eigenvalue weighted by Gasteiger charge is -2.22. The molecule has 0 fully saturated rings. The third kappa shape index (κ3) is 5.94. The molecule has 0 saturated heterocycles.